The van der Waals surface area contributed by atoms with E-state index in [9.17, 15) is 9.18 Å². The zero-order valence-corrected chi connectivity index (χ0v) is 8.06. The maximum absolute atomic E-state index is 13.4. The van der Waals surface area contributed by atoms with Crippen LogP contribution in [0.25, 0.3) is 10.2 Å². The third-order valence-electron chi connectivity index (χ3n) is 1.93. The molecule has 2 rings (SSSR count). The van der Waals surface area contributed by atoms with Gasteiger partial charge >= 0.3 is 5.97 Å². The number of rotatable bonds is 1. The van der Waals surface area contributed by atoms with E-state index in [1.54, 1.807) is 11.4 Å². The molecule has 0 atom stereocenters. The number of pyridine rings is 1. The van der Waals surface area contributed by atoms with Crippen molar-refractivity contribution in [2.75, 3.05) is 0 Å². The van der Waals surface area contributed by atoms with Gasteiger partial charge in [-0.1, -0.05) is 0 Å². The summed E-state index contributed by atoms with van der Waals surface area (Å²) >= 11 is 1.30. The normalized spacial score (nSPS) is 10.7. The zero-order chi connectivity index (χ0) is 10.3. The number of aromatic carboxylic acids is 1. The summed E-state index contributed by atoms with van der Waals surface area (Å²) < 4.78 is 13.4. The molecule has 14 heavy (non-hydrogen) atoms. The molecule has 2 heterocycles. The third kappa shape index (κ3) is 1.17. The average molecular weight is 211 g/mol. The molecule has 0 aliphatic rings. The van der Waals surface area contributed by atoms with Crippen LogP contribution in [0.5, 0.6) is 0 Å². The molecule has 0 aliphatic carbocycles. The second-order valence-electron chi connectivity index (χ2n) is 2.83. The number of halogens is 1. The maximum atomic E-state index is 13.4. The Morgan fingerprint density at radius 2 is 2.36 bits per heavy atom. The van der Waals surface area contributed by atoms with Crippen molar-refractivity contribution in [3.8, 4) is 0 Å². The van der Waals surface area contributed by atoms with Gasteiger partial charge in [0.05, 0.1) is 5.69 Å². The number of hydrogen-bond acceptors (Lipinski definition) is 3. The summed E-state index contributed by atoms with van der Waals surface area (Å²) in [6.07, 6.45) is 0. The van der Waals surface area contributed by atoms with Crippen LogP contribution in [0.4, 0.5) is 4.39 Å². The van der Waals surface area contributed by atoms with Crippen molar-refractivity contribution >= 4 is 27.5 Å². The van der Waals surface area contributed by atoms with E-state index in [2.05, 4.69) is 4.98 Å². The number of hydrogen-bond donors (Lipinski definition) is 1. The molecule has 0 saturated heterocycles. The highest BCUT2D eigenvalue weighted by Crippen LogP contribution is 2.25. The molecule has 0 fully saturated rings. The van der Waals surface area contributed by atoms with Crippen LogP contribution in [-0.2, 0) is 0 Å². The second-order valence-corrected chi connectivity index (χ2v) is 3.73. The molecule has 0 bridgehead atoms. The van der Waals surface area contributed by atoms with E-state index in [0.717, 1.165) is 0 Å². The van der Waals surface area contributed by atoms with Crippen LogP contribution >= 0.6 is 11.3 Å². The van der Waals surface area contributed by atoms with Crippen molar-refractivity contribution in [2.24, 2.45) is 0 Å². The fourth-order valence-corrected chi connectivity index (χ4v) is 2.11. The highest BCUT2D eigenvalue weighted by atomic mass is 32.1. The number of fused-ring (bicyclic) bond motifs is 1. The first-order chi connectivity index (χ1) is 6.61. The molecule has 2 aromatic heterocycles. The molecule has 5 heteroatoms. The Bertz CT molecular complexity index is 521. The Kier molecular flexibility index (Phi) is 1.96. The number of carboxylic acids is 1. The van der Waals surface area contributed by atoms with Gasteiger partial charge in [-0.05, 0) is 18.4 Å². The first-order valence-corrected chi connectivity index (χ1v) is 4.76. The van der Waals surface area contributed by atoms with Crippen LogP contribution in [0.1, 0.15) is 16.1 Å². The van der Waals surface area contributed by atoms with E-state index in [-0.39, 0.29) is 11.3 Å². The van der Waals surface area contributed by atoms with E-state index in [4.69, 9.17) is 5.11 Å². The van der Waals surface area contributed by atoms with Gasteiger partial charge in [0.2, 0.25) is 0 Å². The predicted octanol–water partition coefficient (Wildman–Crippen LogP) is 2.44. The lowest BCUT2D eigenvalue weighted by atomic mass is 10.1. The molecule has 0 radical (unpaired) electrons. The van der Waals surface area contributed by atoms with E-state index in [1.165, 1.54) is 18.3 Å². The Labute approximate surface area is 82.8 Å². The lowest BCUT2D eigenvalue weighted by molar-refractivity contribution is 0.0694. The smallest absolute Gasteiger partial charge is 0.339 e. The quantitative estimate of drug-likeness (QED) is 0.788. The van der Waals surface area contributed by atoms with Gasteiger partial charge in [0.1, 0.15) is 10.4 Å². The molecular weight excluding hydrogens is 205 g/mol. The van der Waals surface area contributed by atoms with Gasteiger partial charge in [0.25, 0.3) is 0 Å². The summed E-state index contributed by atoms with van der Waals surface area (Å²) in [6.45, 7) is 1.46. The number of carboxylic acid groups (broad SMARTS) is 1. The van der Waals surface area contributed by atoms with Crippen LogP contribution in [0.15, 0.2) is 11.4 Å². The van der Waals surface area contributed by atoms with Gasteiger partial charge in [0, 0.05) is 5.39 Å². The van der Waals surface area contributed by atoms with Crippen LogP contribution < -0.4 is 0 Å². The standard InChI is InChI=1S/C9H6FNO2S/c1-4-7(10)6(9(12)13)5-2-3-14-8(5)11-4/h2-3H,1H3,(H,12,13). The molecule has 0 spiro atoms. The minimum atomic E-state index is -1.25. The highest BCUT2D eigenvalue weighted by Gasteiger charge is 2.18. The first-order valence-electron chi connectivity index (χ1n) is 3.88. The maximum Gasteiger partial charge on any atom is 0.339 e. The molecule has 0 unspecified atom stereocenters. The number of aryl methyl sites for hydroxylation is 1. The van der Waals surface area contributed by atoms with Crippen molar-refractivity contribution in [3.63, 3.8) is 0 Å². The van der Waals surface area contributed by atoms with Crippen molar-refractivity contribution in [1.29, 1.82) is 0 Å². The van der Waals surface area contributed by atoms with Gasteiger partial charge in [-0.25, -0.2) is 14.2 Å². The number of nitrogens with zero attached hydrogens (tertiary/aromatic N) is 1. The van der Waals surface area contributed by atoms with Gasteiger partial charge in [-0.3, -0.25) is 0 Å². The van der Waals surface area contributed by atoms with Gasteiger partial charge in [-0.15, -0.1) is 11.3 Å². The zero-order valence-electron chi connectivity index (χ0n) is 7.24. The number of thiophene rings is 1. The Morgan fingerprint density at radius 1 is 1.64 bits per heavy atom. The monoisotopic (exact) mass is 211 g/mol. The van der Waals surface area contributed by atoms with Gasteiger partial charge < -0.3 is 5.11 Å². The summed E-state index contributed by atoms with van der Waals surface area (Å²) in [5.74, 6) is -2.00. The third-order valence-corrected chi connectivity index (χ3v) is 2.74. The van der Waals surface area contributed by atoms with Crippen molar-refractivity contribution in [1.82, 2.24) is 4.98 Å². The van der Waals surface area contributed by atoms with Crippen LogP contribution in [-0.4, -0.2) is 16.1 Å². The van der Waals surface area contributed by atoms with Crippen LogP contribution in [0, 0.1) is 12.7 Å². The van der Waals surface area contributed by atoms with E-state index in [1.807, 2.05) is 0 Å². The largest absolute Gasteiger partial charge is 0.478 e. The second kappa shape index (κ2) is 3.02. The molecular formula is C9H6FNO2S. The van der Waals surface area contributed by atoms with Gasteiger partial charge in [0.15, 0.2) is 5.82 Å². The minimum absolute atomic E-state index is 0.123. The van der Waals surface area contributed by atoms with Crippen molar-refractivity contribution in [2.45, 2.75) is 6.92 Å². The molecule has 1 N–H and O–H groups in total. The fourth-order valence-electron chi connectivity index (χ4n) is 1.29. The molecule has 2 aromatic rings. The van der Waals surface area contributed by atoms with Crippen molar-refractivity contribution < 1.29 is 14.3 Å². The molecule has 3 nitrogen and oxygen atoms in total. The SMILES string of the molecule is Cc1nc2sccc2c(C(=O)O)c1F. The number of carbonyl (C=O) groups is 1. The van der Waals surface area contributed by atoms with Gasteiger partial charge in [-0.2, -0.15) is 0 Å². The fraction of sp³-hybridized carbons (Fsp3) is 0.111. The van der Waals surface area contributed by atoms with E-state index in [0.29, 0.717) is 10.2 Å². The Hall–Kier alpha value is -1.49. The Morgan fingerprint density at radius 3 is 3.00 bits per heavy atom. The Balaban J connectivity index is 2.93. The van der Waals surface area contributed by atoms with E-state index < -0.39 is 11.8 Å². The molecule has 0 aliphatic heterocycles. The van der Waals surface area contributed by atoms with E-state index >= 15 is 0 Å². The lowest BCUT2D eigenvalue weighted by Gasteiger charge is -2.01. The average Bonchev–Trinajstić information content (AvgIpc) is 2.52. The predicted molar refractivity (Wildman–Crippen MR) is 51.3 cm³/mol. The summed E-state index contributed by atoms with van der Waals surface area (Å²) in [5.41, 5.74) is -0.161. The summed E-state index contributed by atoms with van der Waals surface area (Å²) in [4.78, 5) is 15.3. The first kappa shape index (κ1) is 9.08. The molecule has 0 aromatic carbocycles. The topological polar surface area (TPSA) is 50.2 Å². The highest BCUT2D eigenvalue weighted by molar-refractivity contribution is 7.16. The minimum Gasteiger partial charge on any atom is -0.478 e. The summed E-state index contributed by atoms with van der Waals surface area (Å²) in [5, 5.41) is 10.9. The number of aromatic nitrogens is 1. The summed E-state index contributed by atoms with van der Waals surface area (Å²) in [6, 6.07) is 1.57. The lowest BCUT2D eigenvalue weighted by Crippen LogP contribution is -2.04. The van der Waals surface area contributed by atoms with Crippen molar-refractivity contribution in [3.05, 3.63) is 28.5 Å². The molecule has 72 valence electrons. The van der Waals surface area contributed by atoms with Crippen LogP contribution in [0.3, 0.4) is 0 Å². The molecule has 0 saturated carbocycles. The molecule has 0 amide bonds. The summed E-state index contributed by atoms with van der Waals surface area (Å²) in [7, 11) is 0. The van der Waals surface area contributed by atoms with Crippen LogP contribution in [0.2, 0.25) is 0 Å².